The number of nitrogens with one attached hydrogen (secondary N) is 2. The van der Waals surface area contributed by atoms with Crippen molar-refractivity contribution in [1.82, 2.24) is 10.2 Å². The number of carbonyl (C=O) groups is 2. The third-order valence-corrected chi connectivity index (χ3v) is 4.86. The molecule has 1 aliphatic rings. The number of piperidine rings is 1. The zero-order valence-electron chi connectivity index (χ0n) is 15.6. The minimum Gasteiger partial charge on any atom is -0.341 e. The third-order valence-electron chi connectivity index (χ3n) is 4.86. The molecule has 1 fully saturated rings. The molecule has 1 atom stereocenters. The number of urea groups is 1. The van der Waals surface area contributed by atoms with Gasteiger partial charge in [0.1, 0.15) is 5.82 Å². The van der Waals surface area contributed by atoms with E-state index in [2.05, 4.69) is 10.6 Å². The predicted octanol–water partition coefficient (Wildman–Crippen LogP) is 2.51. The molecule has 148 valence electrons. The number of halogens is 1. The molecule has 0 radical (unpaired) electrons. The first kappa shape index (κ1) is 19.8. The van der Waals surface area contributed by atoms with Gasteiger partial charge in [-0.05, 0) is 49.1 Å². The van der Waals surface area contributed by atoms with Crippen molar-refractivity contribution in [2.24, 2.45) is 5.73 Å². The van der Waals surface area contributed by atoms with E-state index in [0.717, 1.165) is 5.56 Å². The van der Waals surface area contributed by atoms with Crippen LogP contribution in [0.1, 0.15) is 18.4 Å². The highest BCUT2D eigenvalue weighted by Crippen LogP contribution is 2.14. The van der Waals surface area contributed by atoms with Gasteiger partial charge in [-0.2, -0.15) is 0 Å². The average Bonchev–Trinajstić information content (AvgIpc) is 2.70. The van der Waals surface area contributed by atoms with Crippen LogP contribution in [-0.4, -0.2) is 42.0 Å². The summed E-state index contributed by atoms with van der Waals surface area (Å²) in [4.78, 5) is 26.4. The van der Waals surface area contributed by atoms with E-state index in [1.165, 1.54) is 24.3 Å². The number of carbonyl (C=O) groups excluding carboxylic acids is 2. The van der Waals surface area contributed by atoms with Crippen LogP contribution in [0.5, 0.6) is 0 Å². The van der Waals surface area contributed by atoms with Crippen LogP contribution in [0.2, 0.25) is 0 Å². The number of hydrogen-bond acceptors (Lipinski definition) is 3. The molecule has 28 heavy (non-hydrogen) atoms. The molecule has 0 unspecified atom stereocenters. The second-order valence-electron chi connectivity index (χ2n) is 7.00. The molecular formula is C21H25FN4O2. The van der Waals surface area contributed by atoms with Crippen LogP contribution in [0.25, 0.3) is 0 Å². The van der Waals surface area contributed by atoms with Gasteiger partial charge in [0.15, 0.2) is 0 Å². The first-order chi connectivity index (χ1) is 13.5. The summed E-state index contributed by atoms with van der Waals surface area (Å²) in [5.41, 5.74) is 7.66. The van der Waals surface area contributed by atoms with Gasteiger partial charge in [-0.15, -0.1) is 0 Å². The Morgan fingerprint density at radius 2 is 1.71 bits per heavy atom. The third kappa shape index (κ3) is 5.53. The van der Waals surface area contributed by atoms with E-state index in [9.17, 15) is 14.0 Å². The van der Waals surface area contributed by atoms with Crippen molar-refractivity contribution in [3.8, 4) is 0 Å². The molecule has 0 aliphatic carbocycles. The summed E-state index contributed by atoms with van der Waals surface area (Å²) in [5, 5.41) is 5.58. The molecule has 6 nitrogen and oxygen atoms in total. The number of benzene rings is 2. The Labute approximate surface area is 163 Å². The molecule has 0 aromatic heterocycles. The minimum absolute atomic E-state index is 0.0187. The zero-order valence-corrected chi connectivity index (χ0v) is 15.6. The summed E-state index contributed by atoms with van der Waals surface area (Å²) in [6.07, 6.45) is 1.85. The van der Waals surface area contributed by atoms with Gasteiger partial charge in [0, 0.05) is 24.8 Å². The maximum atomic E-state index is 12.9. The Morgan fingerprint density at radius 3 is 2.36 bits per heavy atom. The molecule has 0 spiro atoms. The molecule has 3 amide bonds. The van der Waals surface area contributed by atoms with E-state index < -0.39 is 6.04 Å². The Kier molecular flexibility index (Phi) is 6.60. The molecule has 2 aromatic rings. The van der Waals surface area contributed by atoms with Crippen LogP contribution in [0.4, 0.5) is 14.9 Å². The molecule has 3 rings (SSSR count). The van der Waals surface area contributed by atoms with Gasteiger partial charge in [0.05, 0.1) is 6.04 Å². The molecule has 2 aromatic carbocycles. The molecule has 1 aliphatic heterocycles. The summed E-state index contributed by atoms with van der Waals surface area (Å²) >= 11 is 0. The van der Waals surface area contributed by atoms with Gasteiger partial charge in [0.25, 0.3) is 0 Å². The van der Waals surface area contributed by atoms with Gasteiger partial charge in [-0.25, -0.2) is 9.18 Å². The van der Waals surface area contributed by atoms with E-state index in [-0.39, 0.29) is 23.8 Å². The SMILES string of the molecule is N[C@@H](Cc1ccccc1)C(=O)N1CCC(NC(=O)Nc2ccc(F)cc2)CC1. The Hall–Kier alpha value is -2.93. The van der Waals surface area contributed by atoms with Crippen molar-refractivity contribution in [3.63, 3.8) is 0 Å². The lowest BCUT2D eigenvalue weighted by molar-refractivity contribution is -0.133. The van der Waals surface area contributed by atoms with Crippen LogP contribution in [0, 0.1) is 5.82 Å². The summed E-state index contributed by atoms with van der Waals surface area (Å²) < 4.78 is 12.9. The predicted molar refractivity (Wildman–Crippen MR) is 106 cm³/mol. The van der Waals surface area contributed by atoms with Gasteiger partial charge in [-0.1, -0.05) is 30.3 Å². The second-order valence-corrected chi connectivity index (χ2v) is 7.00. The van der Waals surface area contributed by atoms with E-state index in [1.807, 2.05) is 30.3 Å². The lowest BCUT2D eigenvalue weighted by Gasteiger charge is -2.33. The quantitative estimate of drug-likeness (QED) is 0.740. The van der Waals surface area contributed by atoms with Crippen LogP contribution in [0.3, 0.4) is 0 Å². The topological polar surface area (TPSA) is 87.5 Å². The Morgan fingerprint density at radius 1 is 1.07 bits per heavy atom. The Balaban J connectivity index is 1.42. The van der Waals surface area contributed by atoms with Crippen molar-refractivity contribution in [2.75, 3.05) is 18.4 Å². The summed E-state index contributed by atoms with van der Waals surface area (Å²) in [6.45, 7) is 1.12. The number of likely N-dealkylation sites (tertiary alicyclic amines) is 1. The molecule has 7 heteroatoms. The summed E-state index contributed by atoms with van der Waals surface area (Å²) in [5.74, 6) is -0.411. The highest BCUT2D eigenvalue weighted by Gasteiger charge is 2.27. The molecule has 4 N–H and O–H groups in total. The maximum Gasteiger partial charge on any atom is 0.319 e. The molecule has 0 saturated carbocycles. The van der Waals surface area contributed by atoms with Gasteiger partial charge < -0.3 is 21.3 Å². The standard InChI is InChI=1S/C21H25FN4O2/c22-16-6-8-17(9-7-16)24-21(28)25-18-10-12-26(13-11-18)20(27)19(23)14-15-4-2-1-3-5-15/h1-9,18-19H,10-14,23H2,(H2,24,25,28)/t19-/m0/s1. The maximum absolute atomic E-state index is 12.9. The second kappa shape index (κ2) is 9.32. The highest BCUT2D eigenvalue weighted by atomic mass is 19.1. The number of hydrogen-bond donors (Lipinski definition) is 3. The fourth-order valence-electron chi connectivity index (χ4n) is 3.32. The smallest absolute Gasteiger partial charge is 0.319 e. The first-order valence-corrected chi connectivity index (χ1v) is 9.42. The number of amides is 3. The van der Waals surface area contributed by atoms with Crippen molar-refractivity contribution < 1.29 is 14.0 Å². The van der Waals surface area contributed by atoms with Gasteiger partial charge in [0.2, 0.25) is 5.91 Å². The highest BCUT2D eigenvalue weighted by molar-refractivity contribution is 5.89. The van der Waals surface area contributed by atoms with Gasteiger partial charge >= 0.3 is 6.03 Å². The largest absolute Gasteiger partial charge is 0.341 e. The normalized spacial score (nSPS) is 15.7. The lowest BCUT2D eigenvalue weighted by atomic mass is 10.0. The fraction of sp³-hybridized carbons (Fsp3) is 0.333. The van der Waals surface area contributed by atoms with Crippen molar-refractivity contribution >= 4 is 17.6 Å². The number of nitrogens with zero attached hydrogens (tertiary/aromatic N) is 1. The monoisotopic (exact) mass is 384 g/mol. The van der Waals surface area contributed by atoms with Crippen LogP contribution < -0.4 is 16.4 Å². The van der Waals surface area contributed by atoms with Crippen molar-refractivity contribution in [2.45, 2.75) is 31.3 Å². The fourth-order valence-corrected chi connectivity index (χ4v) is 3.32. The average molecular weight is 384 g/mol. The lowest BCUT2D eigenvalue weighted by Crippen LogP contribution is -2.51. The Bertz CT molecular complexity index is 790. The van der Waals surface area contributed by atoms with Crippen molar-refractivity contribution in [1.29, 1.82) is 0 Å². The van der Waals surface area contributed by atoms with Crippen molar-refractivity contribution in [3.05, 3.63) is 66.0 Å². The molecule has 1 saturated heterocycles. The van der Waals surface area contributed by atoms with E-state index in [0.29, 0.717) is 38.0 Å². The molecule has 1 heterocycles. The van der Waals surface area contributed by atoms with E-state index in [1.54, 1.807) is 4.90 Å². The number of nitrogens with two attached hydrogens (primary N) is 1. The first-order valence-electron chi connectivity index (χ1n) is 9.42. The zero-order chi connectivity index (χ0) is 19.9. The van der Waals surface area contributed by atoms with Crippen LogP contribution in [0.15, 0.2) is 54.6 Å². The number of rotatable bonds is 5. The molecular weight excluding hydrogens is 359 g/mol. The van der Waals surface area contributed by atoms with Crippen LogP contribution >= 0.6 is 0 Å². The van der Waals surface area contributed by atoms with Crippen LogP contribution in [-0.2, 0) is 11.2 Å². The van der Waals surface area contributed by atoms with Gasteiger partial charge in [-0.3, -0.25) is 4.79 Å². The van der Waals surface area contributed by atoms with E-state index >= 15 is 0 Å². The number of anilines is 1. The minimum atomic E-state index is -0.561. The molecule has 0 bridgehead atoms. The van der Waals surface area contributed by atoms with E-state index in [4.69, 9.17) is 5.73 Å². The summed E-state index contributed by atoms with van der Waals surface area (Å²) in [6, 6.07) is 14.4. The summed E-state index contributed by atoms with van der Waals surface area (Å²) in [7, 11) is 0.